The SMILES string of the molecule is CCOc1cc(C=Nc2sc3c(c2C#N)CC[C@@H](C(C)(C)C)C3)cc(I)c1OCc1ccc([N+](=O)[O-])cc1. The molecule has 0 bridgehead atoms. The van der Waals surface area contributed by atoms with E-state index in [2.05, 4.69) is 49.4 Å². The molecule has 0 unspecified atom stereocenters. The lowest BCUT2D eigenvalue weighted by molar-refractivity contribution is -0.384. The standard InChI is InChI=1S/C29H30IN3O4S/c1-5-36-25-13-19(12-24(30)27(25)37-17-18-6-9-21(10-7-18)33(34)35)16-32-28-23(15-31)22-11-8-20(29(2,3)4)14-26(22)38-28/h6-7,9-10,12-13,16,20H,5,8,11,14,17H2,1-4H3/t20-/m1/s1. The molecule has 1 atom stereocenters. The lowest BCUT2D eigenvalue weighted by Crippen LogP contribution is -2.26. The largest absolute Gasteiger partial charge is 0.490 e. The Morgan fingerprint density at radius 3 is 2.63 bits per heavy atom. The van der Waals surface area contributed by atoms with Crippen molar-refractivity contribution in [3.63, 3.8) is 0 Å². The number of fused-ring (bicyclic) bond motifs is 1. The Kier molecular flexibility index (Phi) is 8.73. The molecule has 0 saturated carbocycles. The lowest BCUT2D eigenvalue weighted by Gasteiger charge is -2.33. The minimum atomic E-state index is -0.422. The van der Waals surface area contributed by atoms with Gasteiger partial charge in [-0.15, -0.1) is 11.3 Å². The number of thiophene rings is 1. The number of hydrogen-bond donors (Lipinski definition) is 0. The Hall–Kier alpha value is -2.97. The van der Waals surface area contributed by atoms with E-state index in [1.54, 1.807) is 29.7 Å². The Morgan fingerprint density at radius 2 is 2.00 bits per heavy atom. The molecule has 0 N–H and O–H groups in total. The maximum atomic E-state index is 10.9. The summed E-state index contributed by atoms with van der Waals surface area (Å²) in [7, 11) is 0. The van der Waals surface area contributed by atoms with E-state index in [1.165, 1.54) is 22.6 Å². The number of hydrogen-bond acceptors (Lipinski definition) is 7. The summed E-state index contributed by atoms with van der Waals surface area (Å²) in [5, 5.41) is 21.5. The maximum absolute atomic E-state index is 10.9. The number of nitro groups is 1. The fourth-order valence-electron chi connectivity index (χ4n) is 4.58. The van der Waals surface area contributed by atoms with Crippen LogP contribution in [0.5, 0.6) is 11.5 Å². The monoisotopic (exact) mass is 643 g/mol. The topological polar surface area (TPSA) is 97.8 Å². The molecule has 3 aromatic rings. The molecule has 38 heavy (non-hydrogen) atoms. The van der Waals surface area contributed by atoms with E-state index in [0.717, 1.165) is 39.0 Å². The van der Waals surface area contributed by atoms with Crippen LogP contribution < -0.4 is 9.47 Å². The van der Waals surface area contributed by atoms with E-state index >= 15 is 0 Å². The van der Waals surface area contributed by atoms with Crippen molar-refractivity contribution in [1.82, 2.24) is 0 Å². The van der Waals surface area contributed by atoms with Gasteiger partial charge in [0.05, 0.1) is 20.7 Å². The zero-order valence-corrected chi connectivity index (χ0v) is 24.9. The number of nitro benzene ring substituents is 1. The van der Waals surface area contributed by atoms with Gasteiger partial charge in [0.2, 0.25) is 0 Å². The van der Waals surface area contributed by atoms with Crippen molar-refractivity contribution >= 4 is 50.8 Å². The van der Waals surface area contributed by atoms with Gasteiger partial charge in [-0.05, 0) is 101 Å². The van der Waals surface area contributed by atoms with Crippen molar-refractivity contribution in [1.29, 1.82) is 5.26 Å². The smallest absolute Gasteiger partial charge is 0.269 e. The van der Waals surface area contributed by atoms with Crippen molar-refractivity contribution in [2.45, 2.75) is 53.6 Å². The van der Waals surface area contributed by atoms with Crippen LogP contribution in [0.3, 0.4) is 0 Å². The molecule has 0 spiro atoms. The van der Waals surface area contributed by atoms with Crippen molar-refractivity contribution in [3.05, 3.63) is 77.2 Å². The summed E-state index contributed by atoms with van der Waals surface area (Å²) in [6.45, 7) is 9.50. The Balaban J connectivity index is 1.56. The summed E-state index contributed by atoms with van der Waals surface area (Å²) < 4.78 is 12.8. The number of rotatable bonds is 8. The van der Waals surface area contributed by atoms with Gasteiger partial charge in [0, 0.05) is 23.2 Å². The zero-order chi connectivity index (χ0) is 27.4. The van der Waals surface area contributed by atoms with Gasteiger partial charge in [0.1, 0.15) is 17.7 Å². The van der Waals surface area contributed by atoms with Crippen LogP contribution in [0.1, 0.15) is 61.2 Å². The molecule has 0 saturated heterocycles. The summed E-state index contributed by atoms with van der Waals surface area (Å²) in [6, 6.07) is 12.6. The van der Waals surface area contributed by atoms with E-state index in [9.17, 15) is 15.4 Å². The first kappa shape index (κ1) is 28.0. The number of halogens is 1. The molecule has 0 amide bonds. The van der Waals surface area contributed by atoms with E-state index in [4.69, 9.17) is 14.5 Å². The zero-order valence-electron chi connectivity index (χ0n) is 21.9. The van der Waals surface area contributed by atoms with Crippen LogP contribution in [0, 0.1) is 36.3 Å². The van der Waals surface area contributed by atoms with Crippen LogP contribution in [0.4, 0.5) is 10.7 Å². The van der Waals surface area contributed by atoms with Gasteiger partial charge in [-0.1, -0.05) is 20.8 Å². The number of benzene rings is 2. The predicted octanol–water partition coefficient (Wildman–Crippen LogP) is 8.01. The van der Waals surface area contributed by atoms with Gasteiger partial charge in [0.25, 0.3) is 5.69 Å². The summed E-state index contributed by atoms with van der Waals surface area (Å²) in [5.41, 5.74) is 3.83. The summed E-state index contributed by atoms with van der Waals surface area (Å²) in [6.07, 6.45) is 4.81. The van der Waals surface area contributed by atoms with Gasteiger partial charge in [-0.25, -0.2) is 4.99 Å². The van der Waals surface area contributed by atoms with Crippen molar-refractivity contribution < 1.29 is 14.4 Å². The normalized spacial score (nSPS) is 15.2. The van der Waals surface area contributed by atoms with Crippen LogP contribution in [-0.2, 0) is 19.4 Å². The fourth-order valence-corrected chi connectivity index (χ4v) is 6.59. The van der Waals surface area contributed by atoms with Crippen LogP contribution >= 0.6 is 33.9 Å². The molecule has 198 valence electrons. The summed E-state index contributed by atoms with van der Waals surface area (Å²) >= 11 is 3.85. The molecule has 1 aliphatic carbocycles. The van der Waals surface area contributed by atoms with Crippen LogP contribution in [0.2, 0.25) is 0 Å². The molecule has 2 aromatic carbocycles. The molecule has 4 rings (SSSR count). The summed E-state index contributed by atoms with van der Waals surface area (Å²) in [5.74, 6) is 1.81. The van der Waals surface area contributed by atoms with Gasteiger partial charge in [0.15, 0.2) is 11.5 Å². The molecule has 0 radical (unpaired) electrons. The Bertz CT molecular complexity index is 1400. The number of aliphatic imine (C=N–C) groups is 1. The first-order valence-corrected chi connectivity index (χ1v) is 14.4. The third-order valence-corrected chi connectivity index (χ3v) is 8.74. The highest BCUT2D eigenvalue weighted by molar-refractivity contribution is 14.1. The van der Waals surface area contributed by atoms with Gasteiger partial charge >= 0.3 is 0 Å². The molecular weight excluding hydrogens is 613 g/mol. The van der Waals surface area contributed by atoms with Crippen molar-refractivity contribution in [2.75, 3.05) is 6.61 Å². The fraction of sp³-hybridized carbons (Fsp3) is 0.379. The minimum Gasteiger partial charge on any atom is -0.490 e. The third-order valence-electron chi connectivity index (χ3n) is 6.78. The van der Waals surface area contributed by atoms with Gasteiger partial charge < -0.3 is 9.47 Å². The first-order chi connectivity index (χ1) is 18.1. The highest BCUT2D eigenvalue weighted by Crippen LogP contribution is 2.45. The number of ether oxygens (including phenoxy) is 2. The molecular formula is C29H30IN3O4S. The van der Waals surface area contributed by atoms with Crippen LogP contribution in [-0.4, -0.2) is 17.7 Å². The quantitative estimate of drug-likeness (QED) is 0.107. The van der Waals surface area contributed by atoms with Crippen molar-refractivity contribution in [2.24, 2.45) is 16.3 Å². The molecule has 9 heteroatoms. The lowest BCUT2D eigenvalue weighted by atomic mass is 9.72. The third kappa shape index (κ3) is 6.35. The second kappa shape index (κ2) is 11.8. The number of nitriles is 1. The average Bonchev–Trinajstić information content (AvgIpc) is 3.23. The van der Waals surface area contributed by atoms with E-state index < -0.39 is 4.92 Å². The highest BCUT2D eigenvalue weighted by Gasteiger charge is 2.32. The first-order valence-electron chi connectivity index (χ1n) is 12.5. The Morgan fingerprint density at radius 1 is 1.26 bits per heavy atom. The molecule has 1 aliphatic rings. The van der Waals surface area contributed by atoms with E-state index in [1.807, 2.05) is 19.1 Å². The minimum absolute atomic E-state index is 0.0437. The van der Waals surface area contributed by atoms with Gasteiger partial charge in [-0.3, -0.25) is 10.1 Å². The maximum Gasteiger partial charge on any atom is 0.269 e. The Labute approximate surface area is 240 Å². The average molecular weight is 644 g/mol. The van der Waals surface area contributed by atoms with Gasteiger partial charge in [-0.2, -0.15) is 5.26 Å². The van der Waals surface area contributed by atoms with Crippen molar-refractivity contribution in [3.8, 4) is 17.6 Å². The molecule has 7 nitrogen and oxygen atoms in total. The van der Waals surface area contributed by atoms with E-state index in [0.29, 0.717) is 29.6 Å². The van der Waals surface area contributed by atoms with E-state index in [-0.39, 0.29) is 17.7 Å². The highest BCUT2D eigenvalue weighted by atomic mass is 127. The predicted molar refractivity (Wildman–Crippen MR) is 159 cm³/mol. The molecule has 1 heterocycles. The summed E-state index contributed by atoms with van der Waals surface area (Å²) in [4.78, 5) is 16.5. The molecule has 0 fully saturated rings. The molecule has 1 aromatic heterocycles. The molecule has 0 aliphatic heterocycles. The second-order valence-electron chi connectivity index (χ2n) is 10.3. The van der Waals surface area contributed by atoms with Crippen LogP contribution in [0.15, 0.2) is 41.4 Å². The number of non-ortho nitro benzene ring substituents is 1. The number of nitrogens with zero attached hydrogens (tertiary/aromatic N) is 3. The van der Waals surface area contributed by atoms with Crippen LogP contribution in [0.25, 0.3) is 0 Å². The second-order valence-corrected chi connectivity index (χ2v) is 12.6.